The van der Waals surface area contributed by atoms with Crippen LogP contribution in [0.4, 0.5) is 8.78 Å². The lowest BCUT2D eigenvalue weighted by atomic mass is 10.2. The van der Waals surface area contributed by atoms with Crippen LogP contribution < -0.4 is 0 Å². The van der Waals surface area contributed by atoms with Gasteiger partial charge >= 0.3 is 0 Å². The molecule has 2 aromatic rings. The maximum atomic E-state index is 13.0. The largest absolute Gasteiger partial charge is 0.390 e. The van der Waals surface area contributed by atoms with E-state index in [2.05, 4.69) is 9.80 Å². The van der Waals surface area contributed by atoms with Gasteiger partial charge in [-0.25, -0.2) is 8.78 Å². The molecule has 5 heteroatoms. The van der Waals surface area contributed by atoms with Gasteiger partial charge in [-0.15, -0.1) is 0 Å². The van der Waals surface area contributed by atoms with E-state index in [1.165, 1.54) is 24.3 Å². The molecule has 3 nitrogen and oxygen atoms in total. The van der Waals surface area contributed by atoms with Crippen LogP contribution >= 0.6 is 0 Å². The summed E-state index contributed by atoms with van der Waals surface area (Å²) in [6.45, 7) is 4.24. The Labute approximate surface area is 141 Å². The number of hydrogen-bond donors (Lipinski definition) is 1. The second-order valence-corrected chi connectivity index (χ2v) is 6.38. The summed E-state index contributed by atoms with van der Waals surface area (Å²) in [5.74, 6) is -0.472. The first-order chi connectivity index (χ1) is 11.6. The number of nitrogens with zero attached hydrogens (tertiary/aromatic N) is 2. The molecule has 128 valence electrons. The summed E-state index contributed by atoms with van der Waals surface area (Å²) in [5.41, 5.74) is 2.08. The van der Waals surface area contributed by atoms with Crippen LogP contribution in [0.1, 0.15) is 11.1 Å². The molecule has 0 amide bonds. The van der Waals surface area contributed by atoms with E-state index in [1.54, 1.807) is 24.3 Å². The van der Waals surface area contributed by atoms with Gasteiger partial charge in [0.2, 0.25) is 0 Å². The summed E-state index contributed by atoms with van der Waals surface area (Å²) in [5, 5.41) is 10.3. The fourth-order valence-electron chi connectivity index (χ4n) is 3.10. The monoisotopic (exact) mass is 332 g/mol. The highest BCUT2D eigenvalue weighted by atomic mass is 19.1. The number of rotatable bonds is 4. The summed E-state index contributed by atoms with van der Waals surface area (Å²) in [4.78, 5) is 4.37. The lowest BCUT2D eigenvalue weighted by Gasteiger charge is -2.21. The van der Waals surface area contributed by atoms with E-state index in [-0.39, 0.29) is 11.6 Å². The summed E-state index contributed by atoms with van der Waals surface area (Å²) in [6.07, 6.45) is -0.437. The average Bonchev–Trinajstić information content (AvgIpc) is 2.73. The molecule has 0 atom stereocenters. The van der Waals surface area contributed by atoms with Crippen molar-refractivity contribution in [3.05, 3.63) is 71.3 Å². The van der Waals surface area contributed by atoms with E-state index in [9.17, 15) is 13.9 Å². The third-order valence-electron chi connectivity index (χ3n) is 4.31. The van der Waals surface area contributed by atoms with E-state index in [1.807, 2.05) is 0 Å². The minimum absolute atomic E-state index is 0.236. The van der Waals surface area contributed by atoms with Crippen molar-refractivity contribution in [2.45, 2.75) is 19.2 Å². The first kappa shape index (κ1) is 17.0. The molecule has 1 heterocycles. The van der Waals surface area contributed by atoms with Gasteiger partial charge in [-0.05, 0) is 35.4 Å². The van der Waals surface area contributed by atoms with Gasteiger partial charge in [-0.3, -0.25) is 9.80 Å². The van der Waals surface area contributed by atoms with Crippen molar-refractivity contribution in [1.82, 2.24) is 9.80 Å². The molecule has 0 unspecified atom stereocenters. The molecule has 0 radical (unpaired) electrons. The van der Waals surface area contributed by atoms with Crippen LogP contribution in [0, 0.1) is 11.6 Å². The number of aliphatic hydroxyl groups excluding tert-OH is 1. The standard InChI is InChI=1S/C19H22F2N2O/c20-17-5-1-15(2-6-17)11-22-9-10-23(14-19(24)13-22)12-16-3-7-18(21)8-4-16/h1-8,19,24H,9-14H2. The zero-order valence-corrected chi connectivity index (χ0v) is 13.5. The number of halogens is 2. The number of benzene rings is 2. The number of hydrogen-bond acceptors (Lipinski definition) is 3. The Balaban J connectivity index is 1.58. The third-order valence-corrected chi connectivity index (χ3v) is 4.31. The second kappa shape index (κ2) is 7.83. The molecule has 0 bridgehead atoms. The smallest absolute Gasteiger partial charge is 0.123 e. The zero-order valence-electron chi connectivity index (χ0n) is 13.5. The van der Waals surface area contributed by atoms with Gasteiger partial charge in [-0.1, -0.05) is 24.3 Å². The fraction of sp³-hybridized carbons (Fsp3) is 0.368. The fourth-order valence-corrected chi connectivity index (χ4v) is 3.10. The van der Waals surface area contributed by atoms with E-state index < -0.39 is 6.10 Å². The van der Waals surface area contributed by atoms with E-state index in [0.29, 0.717) is 26.2 Å². The Bertz CT molecular complexity index is 588. The van der Waals surface area contributed by atoms with Crippen LogP contribution in [-0.2, 0) is 13.1 Å². The second-order valence-electron chi connectivity index (χ2n) is 6.38. The molecule has 0 aromatic heterocycles. The van der Waals surface area contributed by atoms with Crippen LogP contribution in [0.15, 0.2) is 48.5 Å². The van der Waals surface area contributed by atoms with Crippen molar-refractivity contribution in [3.8, 4) is 0 Å². The van der Waals surface area contributed by atoms with Crippen molar-refractivity contribution in [2.24, 2.45) is 0 Å². The summed E-state index contributed by atoms with van der Waals surface area (Å²) in [7, 11) is 0. The molecule has 1 aliphatic heterocycles. The van der Waals surface area contributed by atoms with Crippen molar-refractivity contribution >= 4 is 0 Å². The van der Waals surface area contributed by atoms with Gasteiger partial charge in [0.1, 0.15) is 11.6 Å². The van der Waals surface area contributed by atoms with Gasteiger partial charge in [0, 0.05) is 39.3 Å². The maximum absolute atomic E-state index is 13.0. The molecule has 3 rings (SSSR count). The molecule has 1 N–H and O–H groups in total. The molecule has 2 aromatic carbocycles. The minimum Gasteiger partial charge on any atom is -0.390 e. The van der Waals surface area contributed by atoms with E-state index >= 15 is 0 Å². The van der Waals surface area contributed by atoms with Crippen LogP contribution in [0.3, 0.4) is 0 Å². The van der Waals surface area contributed by atoms with Crippen molar-refractivity contribution in [2.75, 3.05) is 26.2 Å². The SMILES string of the molecule is OC1CN(Cc2ccc(F)cc2)CCN(Cc2ccc(F)cc2)C1. The molecule has 0 spiro atoms. The highest BCUT2D eigenvalue weighted by Gasteiger charge is 2.21. The average molecular weight is 332 g/mol. The van der Waals surface area contributed by atoms with Gasteiger partial charge < -0.3 is 5.11 Å². The Morgan fingerprint density at radius 2 is 1.12 bits per heavy atom. The lowest BCUT2D eigenvalue weighted by Crippen LogP contribution is -2.33. The highest BCUT2D eigenvalue weighted by molar-refractivity contribution is 5.17. The predicted molar refractivity (Wildman–Crippen MR) is 89.4 cm³/mol. The third kappa shape index (κ3) is 4.84. The zero-order chi connectivity index (χ0) is 16.9. The molecule has 24 heavy (non-hydrogen) atoms. The van der Waals surface area contributed by atoms with Crippen LogP contribution in [-0.4, -0.2) is 47.2 Å². The topological polar surface area (TPSA) is 26.7 Å². The van der Waals surface area contributed by atoms with Crippen LogP contribution in [0.5, 0.6) is 0 Å². The van der Waals surface area contributed by atoms with E-state index in [0.717, 1.165) is 24.2 Å². The summed E-state index contributed by atoms with van der Waals surface area (Å²) < 4.78 is 26.0. The molecule has 1 fully saturated rings. The molecular weight excluding hydrogens is 310 g/mol. The normalized spacial score (nSPS) is 17.8. The van der Waals surface area contributed by atoms with Crippen molar-refractivity contribution in [3.63, 3.8) is 0 Å². The first-order valence-electron chi connectivity index (χ1n) is 8.20. The minimum atomic E-state index is -0.437. The molecule has 1 aliphatic rings. The highest BCUT2D eigenvalue weighted by Crippen LogP contribution is 2.13. The summed E-state index contributed by atoms with van der Waals surface area (Å²) >= 11 is 0. The Hall–Kier alpha value is -1.82. The van der Waals surface area contributed by atoms with Crippen LogP contribution in [0.25, 0.3) is 0 Å². The number of aliphatic hydroxyl groups is 1. The van der Waals surface area contributed by atoms with E-state index in [4.69, 9.17) is 0 Å². The molecular formula is C19H22F2N2O. The van der Waals surface area contributed by atoms with Gasteiger partial charge in [-0.2, -0.15) is 0 Å². The van der Waals surface area contributed by atoms with Crippen molar-refractivity contribution in [1.29, 1.82) is 0 Å². The maximum Gasteiger partial charge on any atom is 0.123 e. The quantitative estimate of drug-likeness (QED) is 0.932. The Morgan fingerprint density at radius 1 is 0.750 bits per heavy atom. The van der Waals surface area contributed by atoms with Crippen LogP contribution in [0.2, 0.25) is 0 Å². The number of β-amino-alcohol motifs (C(OH)–C–C–N with tert-alkyl or cyclic N) is 1. The molecule has 1 saturated heterocycles. The lowest BCUT2D eigenvalue weighted by molar-refractivity contribution is 0.106. The van der Waals surface area contributed by atoms with Gasteiger partial charge in [0.25, 0.3) is 0 Å². The van der Waals surface area contributed by atoms with Gasteiger partial charge in [0.05, 0.1) is 6.10 Å². The molecule has 0 saturated carbocycles. The summed E-state index contributed by atoms with van der Waals surface area (Å²) in [6, 6.07) is 13.0. The molecule has 0 aliphatic carbocycles. The first-order valence-corrected chi connectivity index (χ1v) is 8.20. The Kier molecular flexibility index (Phi) is 5.56. The Morgan fingerprint density at radius 3 is 1.50 bits per heavy atom. The van der Waals surface area contributed by atoms with Crippen molar-refractivity contribution < 1.29 is 13.9 Å². The van der Waals surface area contributed by atoms with Gasteiger partial charge in [0.15, 0.2) is 0 Å². The predicted octanol–water partition coefficient (Wildman–Crippen LogP) is 2.64.